The molecule has 3 aromatic rings. The van der Waals surface area contributed by atoms with Crippen LogP contribution in [0.25, 0.3) is 11.1 Å². The summed E-state index contributed by atoms with van der Waals surface area (Å²) in [6.45, 7) is 3.36. The minimum Gasteiger partial charge on any atom is -0.490 e. The molecule has 4 rings (SSSR count). The highest BCUT2D eigenvalue weighted by Crippen LogP contribution is 2.34. The van der Waals surface area contributed by atoms with Gasteiger partial charge in [0.1, 0.15) is 0 Å². The molecule has 0 aliphatic carbocycles. The average molecular weight is 365 g/mol. The molecule has 0 saturated heterocycles. The molecule has 0 atom stereocenters. The first-order valence-corrected chi connectivity index (χ1v) is 9.37. The highest BCUT2D eigenvalue weighted by Gasteiger charge is 2.11. The van der Waals surface area contributed by atoms with Crippen molar-refractivity contribution < 1.29 is 9.47 Å². The molecule has 132 valence electrons. The maximum Gasteiger partial charge on any atom is 0.203 e. The molecule has 5 nitrogen and oxygen atoms in total. The fraction of sp³-hybridized carbons (Fsp3) is 0.200. The van der Waals surface area contributed by atoms with E-state index in [1.54, 1.807) is 6.21 Å². The summed E-state index contributed by atoms with van der Waals surface area (Å²) in [5, 5.41) is 7.01. The van der Waals surface area contributed by atoms with E-state index in [-0.39, 0.29) is 0 Å². The molecule has 0 bridgehead atoms. The Morgan fingerprint density at radius 2 is 1.81 bits per heavy atom. The van der Waals surface area contributed by atoms with Gasteiger partial charge >= 0.3 is 0 Å². The molecule has 0 amide bonds. The van der Waals surface area contributed by atoms with Gasteiger partial charge < -0.3 is 9.47 Å². The molecule has 0 fully saturated rings. The van der Waals surface area contributed by atoms with Crippen LogP contribution in [0.2, 0.25) is 0 Å². The second-order valence-electron chi connectivity index (χ2n) is 6.00. The van der Waals surface area contributed by atoms with Crippen molar-refractivity contribution in [2.45, 2.75) is 13.3 Å². The molecule has 1 N–H and O–H groups in total. The Morgan fingerprint density at radius 3 is 2.58 bits per heavy atom. The molecule has 0 spiro atoms. The van der Waals surface area contributed by atoms with E-state index in [1.807, 2.05) is 36.6 Å². The van der Waals surface area contributed by atoms with Gasteiger partial charge in [-0.25, -0.2) is 4.98 Å². The fourth-order valence-corrected chi connectivity index (χ4v) is 3.31. The third-order valence-electron chi connectivity index (χ3n) is 3.98. The third-order valence-corrected chi connectivity index (χ3v) is 4.85. The molecule has 0 radical (unpaired) electrons. The number of hydrogen-bond donors (Lipinski definition) is 1. The van der Waals surface area contributed by atoms with Crippen LogP contribution in [-0.4, -0.2) is 24.4 Å². The van der Waals surface area contributed by atoms with Crippen LogP contribution in [0.3, 0.4) is 0 Å². The summed E-state index contributed by atoms with van der Waals surface area (Å²) in [6, 6.07) is 14.3. The van der Waals surface area contributed by atoms with Gasteiger partial charge in [-0.1, -0.05) is 30.3 Å². The van der Waals surface area contributed by atoms with Gasteiger partial charge in [0.2, 0.25) is 5.13 Å². The normalized spacial score (nSPS) is 13.6. The highest BCUT2D eigenvalue weighted by molar-refractivity contribution is 7.13. The Labute approximate surface area is 156 Å². The number of anilines is 1. The highest BCUT2D eigenvalue weighted by atomic mass is 32.1. The number of hydrazone groups is 1. The van der Waals surface area contributed by atoms with E-state index in [1.165, 1.54) is 11.3 Å². The van der Waals surface area contributed by atoms with Crippen molar-refractivity contribution in [3.8, 4) is 22.6 Å². The number of aromatic nitrogens is 1. The quantitative estimate of drug-likeness (QED) is 0.537. The Kier molecular flexibility index (Phi) is 4.84. The number of fused-ring (bicyclic) bond motifs is 1. The number of ether oxygens (including phenoxy) is 2. The molecule has 0 saturated carbocycles. The van der Waals surface area contributed by atoms with Gasteiger partial charge in [-0.05, 0) is 35.7 Å². The zero-order chi connectivity index (χ0) is 17.8. The number of rotatable bonds is 4. The van der Waals surface area contributed by atoms with Crippen LogP contribution < -0.4 is 14.9 Å². The van der Waals surface area contributed by atoms with Crippen LogP contribution in [0.1, 0.15) is 17.7 Å². The molecule has 26 heavy (non-hydrogen) atoms. The zero-order valence-corrected chi connectivity index (χ0v) is 15.3. The lowest BCUT2D eigenvalue weighted by molar-refractivity contribution is 0.297. The number of thiazole rings is 1. The number of aryl methyl sites for hydroxylation is 1. The average Bonchev–Trinajstić information content (AvgIpc) is 2.94. The smallest absolute Gasteiger partial charge is 0.203 e. The summed E-state index contributed by atoms with van der Waals surface area (Å²) in [5.41, 5.74) is 7.19. The van der Waals surface area contributed by atoms with Crippen molar-refractivity contribution in [3.63, 3.8) is 0 Å². The van der Waals surface area contributed by atoms with E-state index in [4.69, 9.17) is 9.47 Å². The van der Waals surface area contributed by atoms with Crippen LogP contribution >= 0.6 is 11.3 Å². The fourth-order valence-electron chi connectivity index (χ4n) is 2.67. The van der Waals surface area contributed by atoms with Crippen LogP contribution in [0, 0.1) is 6.92 Å². The Balaban J connectivity index is 1.46. The van der Waals surface area contributed by atoms with E-state index in [0.717, 1.165) is 45.4 Å². The van der Waals surface area contributed by atoms with Gasteiger partial charge in [0.15, 0.2) is 11.5 Å². The van der Waals surface area contributed by atoms with Crippen molar-refractivity contribution in [2.75, 3.05) is 18.6 Å². The predicted octanol–water partition coefficient (Wildman–Crippen LogP) is 4.73. The summed E-state index contributed by atoms with van der Waals surface area (Å²) >= 11 is 1.54. The van der Waals surface area contributed by atoms with Gasteiger partial charge in [-0.15, -0.1) is 11.3 Å². The molecule has 6 heteroatoms. The SMILES string of the molecule is Cc1csc(NN=Cc2ccc(-c3ccc4c(c3)OCCCO4)cc2)n1. The molecular weight excluding hydrogens is 346 g/mol. The maximum absolute atomic E-state index is 5.77. The summed E-state index contributed by atoms with van der Waals surface area (Å²) in [4.78, 5) is 4.31. The van der Waals surface area contributed by atoms with Crippen LogP contribution in [-0.2, 0) is 0 Å². The van der Waals surface area contributed by atoms with Gasteiger partial charge in [-0.2, -0.15) is 5.10 Å². The van der Waals surface area contributed by atoms with E-state index in [0.29, 0.717) is 13.2 Å². The molecule has 2 aromatic carbocycles. The second kappa shape index (κ2) is 7.58. The molecule has 2 heterocycles. The minimum absolute atomic E-state index is 0.692. The van der Waals surface area contributed by atoms with Gasteiger partial charge in [0.25, 0.3) is 0 Å². The maximum atomic E-state index is 5.77. The van der Waals surface area contributed by atoms with E-state index in [2.05, 4.69) is 33.7 Å². The predicted molar refractivity (Wildman–Crippen MR) is 106 cm³/mol. The first-order valence-electron chi connectivity index (χ1n) is 8.49. The van der Waals surface area contributed by atoms with Crippen molar-refractivity contribution in [2.24, 2.45) is 5.10 Å². The van der Waals surface area contributed by atoms with Crippen LogP contribution in [0.4, 0.5) is 5.13 Å². The van der Waals surface area contributed by atoms with E-state index < -0.39 is 0 Å². The third kappa shape index (κ3) is 3.86. The van der Waals surface area contributed by atoms with Gasteiger partial charge in [-0.3, -0.25) is 5.43 Å². The molecule has 0 unspecified atom stereocenters. The Morgan fingerprint density at radius 1 is 1.04 bits per heavy atom. The van der Waals surface area contributed by atoms with Crippen molar-refractivity contribution in [1.29, 1.82) is 0 Å². The lowest BCUT2D eigenvalue weighted by atomic mass is 10.0. The minimum atomic E-state index is 0.692. The van der Waals surface area contributed by atoms with Gasteiger partial charge in [0, 0.05) is 11.8 Å². The van der Waals surface area contributed by atoms with Gasteiger partial charge in [0.05, 0.1) is 25.1 Å². The molecule has 1 aliphatic heterocycles. The standard InChI is InChI=1S/C20H19N3O2S/c1-14-13-26-20(22-14)23-21-12-15-3-5-16(6-4-15)17-7-8-18-19(11-17)25-10-2-9-24-18/h3-8,11-13H,2,9-10H2,1H3,(H,22,23). The lowest BCUT2D eigenvalue weighted by Crippen LogP contribution is -1.97. The molecule has 1 aromatic heterocycles. The first-order chi connectivity index (χ1) is 12.8. The summed E-state index contributed by atoms with van der Waals surface area (Å²) in [7, 11) is 0. The summed E-state index contributed by atoms with van der Waals surface area (Å²) in [6.07, 6.45) is 2.70. The number of hydrogen-bond acceptors (Lipinski definition) is 6. The second-order valence-corrected chi connectivity index (χ2v) is 6.86. The van der Waals surface area contributed by atoms with Crippen molar-refractivity contribution in [3.05, 3.63) is 59.1 Å². The number of nitrogens with one attached hydrogen (secondary N) is 1. The zero-order valence-electron chi connectivity index (χ0n) is 14.4. The first kappa shape index (κ1) is 16.6. The molecule has 1 aliphatic rings. The number of benzene rings is 2. The van der Waals surface area contributed by atoms with Crippen LogP contribution in [0.15, 0.2) is 52.9 Å². The Bertz CT molecular complexity index is 919. The molecular formula is C20H19N3O2S. The lowest BCUT2D eigenvalue weighted by Gasteiger charge is -2.09. The van der Waals surface area contributed by atoms with Crippen LogP contribution in [0.5, 0.6) is 11.5 Å². The van der Waals surface area contributed by atoms with Crippen molar-refractivity contribution >= 4 is 22.7 Å². The monoisotopic (exact) mass is 365 g/mol. The summed E-state index contributed by atoms with van der Waals surface area (Å²) in [5.74, 6) is 1.63. The topological polar surface area (TPSA) is 55.7 Å². The van der Waals surface area contributed by atoms with E-state index in [9.17, 15) is 0 Å². The largest absolute Gasteiger partial charge is 0.490 e. The Hall–Kier alpha value is -2.86. The summed E-state index contributed by atoms with van der Waals surface area (Å²) < 4.78 is 11.5. The number of nitrogens with zero attached hydrogens (tertiary/aromatic N) is 2. The van der Waals surface area contributed by atoms with Crippen molar-refractivity contribution in [1.82, 2.24) is 4.98 Å². The van der Waals surface area contributed by atoms with E-state index >= 15 is 0 Å².